The number of nitrogens with zero attached hydrogens (tertiary/aromatic N) is 2. The van der Waals surface area contributed by atoms with E-state index in [9.17, 15) is 18.0 Å². The number of hydrogen-bond acceptors (Lipinski definition) is 5. The maximum Gasteiger partial charge on any atom is 0.315 e. The second kappa shape index (κ2) is 6.21. The molecule has 2 rings (SSSR count). The van der Waals surface area contributed by atoms with Gasteiger partial charge in [-0.15, -0.1) is 0 Å². The van der Waals surface area contributed by atoms with Gasteiger partial charge < -0.3 is 10.2 Å². The van der Waals surface area contributed by atoms with E-state index in [0.717, 1.165) is 0 Å². The van der Waals surface area contributed by atoms with Crippen LogP contribution in [0.4, 0.5) is 5.82 Å². The lowest BCUT2D eigenvalue weighted by atomic mass is 10.2. The third-order valence-corrected chi connectivity index (χ3v) is 5.10. The molecule has 0 saturated carbocycles. The van der Waals surface area contributed by atoms with Gasteiger partial charge in [0.25, 0.3) is 0 Å². The third-order valence-electron chi connectivity index (χ3n) is 3.35. The molecule has 114 valence electrons. The van der Waals surface area contributed by atoms with E-state index in [1.807, 2.05) is 0 Å². The number of pyridine rings is 1. The van der Waals surface area contributed by atoms with Crippen LogP contribution in [0.3, 0.4) is 0 Å². The van der Waals surface area contributed by atoms with Gasteiger partial charge >= 0.3 is 11.8 Å². The lowest BCUT2D eigenvalue weighted by Gasteiger charge is -2.25. The number of anilines is 1. The van der Waals surface area contributed by atoms with Crippen molar-refractivity contribution in [1.82, 2.24) is 9.88 Å². The SMILES string of the molecule is CCN(C(=O)C(=O)Nc1ccccn1)C1CCS(=O)(=O)C1. The van der Waals surface area contributed by atoms with E-state index in [4.69, 9.17) is 0 Å². The zero-order valence-electron chi connectivity index (χ0n) is 11.7. The van der Waals surface area contributed by atoms with Gasteiger partial charge in [-0.1, -0.05) is 6.07 Å². The van der Waals surface area contributed by atoms with Crippen molar-refractivity contribution in [2.24, 2.45) is 0 Å². The number of hydrogen-bond donors (Lipinski definition) is 1. The number of carbonyl (C=O) groups excluding carboxylic acids is 2. The largest absolute Gasteiger partial charge is 0.331 e. The Morgan fingerprint density at radius 3 is 2.71 bits per heavy atom. The van der Waals surface area contributed by atoms with E-state index in [-0.39, 0.29) is 23.9 Å². The molecule has 0 radical (unpaired) electrons. The molecule has 8 heteroatoms. The van der Waals surface area contributed by atoms with Crippen molar-refractivity contribution >= 4 is 27.5 Å². The third kappa shape index (κ3) is 3.78. The molecule has 1 N–H and O–H groups in total. The van der Waals surface area contributed by atoms with Gasteiger partial charge in [0.2, 0.25) is 0 Å². The van der Waals surface area contributed by atoms with Crippen molar-refractivity contribution in [1.29, 1.82) is 0 Å². The number of amides is 2. The minimum absolute atomic E-state index is 0.0588. The van der Waals surface area contributed by atoms with Crippen LogP contribution in [0.1, 0.15) is 13.3 Å². The summed E-state index contributed by atoms with van der Waals surface area (Å²) in [6.07, 6.45) is 1.88. The molecule has 0 aliphatic carbocycles. The highest BCUT2D eigenvalue weighted by Crippen LogP contribution is 2.18. The second-order valence-corrected chi connectivity index (χ2v) is 7.05. The zero-order valence-corrected chi connectivity index (χ0v) is 12.5. The molecule has 0 spiro atoms. The molecular formula is C13H17N3O4S. The van der Waals surface area contributed by atoms with Crippen LogP contribution in [-0.4, -0.2) is 54.2 Å². The summed E-state index contributed by atoms with van der Waals surface area (Å²) in [6, 6.07) is 4.52. The van der Waals surface area contributed by atoms with Gasteiger partial charge in [0.15, 0.2) is 9.84 Å². The van der Waals surface area contributed by atoms with E-state index < -0.39 is 27.7 Å². The zero-order chi connectivity index (χ0) is 15.5. The van der Waals surface area contributed by atoms with Gasteiger partial charge in [0, 0.05) is 18.8 Å². The quantitative estimate of drug-likeness (QED) is 0.796. The Kier molecular flexibility index (Phi) is 4.56. The molecule has 1 atom stereocenters. The van der Waals surface area contributed by atoms with E-state index in [0.29, 0.717) is 6.42 Å². The van der Waals surface area contributed by atoms with Gasteiger partial charge in [0.05, 0.1) is 11.5 Å². The van der Waals surface area contributed by atoms with Crippen molar-refractivity contribution in [2.75, 3.05) is 23.4 Å². The average molecular weight is 311 g/mol. The van der Waals surface area contributed by atoms with Crippen molar-refractivity contribution < 1.29 is 18.0 Å². The fourth-order valence-electron chi connectivity index (χ4n) is 2.33. The summed E-state index contributed by atoms with van der Waals surface area (Å²) in [4.78, 5) is 29.3. The summed E-state index contributed by atoms with van der Waals surface area (Å²) in [5.74, 6) is -1.27. The summed E-state index contributed by atoms with van der Waals surface area (Å²) in [6.45, 7) is 2.01. The number of aromatic nitrogens is 1. The Balaban J connectivity index is 2.05. The van der Waals surface area contributed by atoms with Crippen LogP contribution >= 0.6 is 0 Å². The van der Waals surface area contributed by atoms with Gasteiger partial charge in [-0.25, -0.2) is 13.4 Å². The lowest BCUT2D eigenvalue weighted by molar-refractivity contribution is -0.144. The van der Waals surface area contributed by atoms with Crippen LogP contribution in [-0.2, 0) is 19.4 Å². The van der Waals surface area contributed by atoms with Crippen LogP contribution in [0.5, 0.6) is 0 Å². The van der Waals surface area contributed by atoms with Crippen LogP contribution < -0.4 is 5.32 Å². The highest BCUT2D eigenvalue weighted by atomic mass is 32.2. The van der Waals surface area contributed by atoms with Crippen molar-refractivity contribution in [2.45, 2.75) is 19.4 Å². The maximum atomic E-state index is 12.2. The Morgan fingerprint density at radius 1 is 1.43 bits per heavy atom. The standard InChI is InChI=1S/C13H17N3O4S/c1-2-16(10-6-8-21(19,20)9-10)13(18)12(17)15-11-5-3-4-7-14-11/h3-5,7,10H,2,6,8-9H2,1H3,(H,14,15,17). The first-order valence-electron chi connectivity index (χ1n) is 6.66. The molecule has 21 heavy (non-hydrogen) atoms. The first kappa shape index (κ1) is 15.4. The molecular weight excluding hydrogens is 294 g/mol. The Labute approximate surface area is 123 Å². The fraction of sp³-hybridized carbons (Fsp3) is 0.462. The summed E-state index contributed by atoms with van der Waals surface area (Å²) >= 11 is 0. The molecule has 7 nitrogen and oxygen atoms in total. The minimum atomic E-state index is -3.11. The lowest BCUT2D eigenvalue weighted by Crippen LogP contribution is -2.46. The fourth-order valence-corrected chi connectivity index (χ4v) is 4.06. The minimum Gasteiger partial charge on any atom is -0.331 e. The average Bonchev–Trinajstić information content (AvgIpc) is 2.80. The molecule has 1 aliphatic heterocycles. The van der Waals surface area contributed by atoms with E-state index in [1.165, 1.54) is 11.1 Å². The van der Waals surface area contributed by atoms with Crippen LogP contribution in [0.25, 0.3) is 0 Å². The molecule has 1 unspecified atom stereocenters. The van der Waals surface area contributed by atoms with Crippen molar-refractivity contribution in [3.8, 4) is 0 Å². The summed E-state index contributed by atoms with van der Waals surface area (Å²) in [7, 11) is -3.11. The molecule has 0 aromatic carbocycles. The van der Waals surface area contributed by atoms with E-state index >= 15 is 0 Å². The number of sulfone groups is 1. The Morgan fingerprint density at radius 2 is 2.19 bits per heavy atom. The predicted octanol–water partition coefficient (Wildman–Crippen LogP) is 0.0557. The molecule has 1 aromatic heterocycles. The second-order valence-electron chi connectivity index (χ2n) is 4.82. The van der Waals surface area contributed by atoms with Gasteiger partial charge in [-0.05, 0) is 25.5 Å². The molecule has 2 amide bonds. The van der Waals surface area contributed by atoms with Crippen molar-refractivity contribution in [3.63, 3.8) is 0 Å². The molecule has 0 bridgehead atoms. The normalized spacial score (nSPS) is 20.0. The molecule has 1 aliphatic rings. The number of rotatable bonds is 3. The number of carbonyl (C=O) groups is 2. The molecule has 1 aromatic rings. The highest BCUT2D eigenvalue weighted by molar-refractivity contribution is 7.91. The summed E-state index contributed by atoms with van der Waals surface area (Å²) < 4.78 is 23.0. The van der Waals surface area contributed by atoms with Crippen LogP contribution in [0.15, 0.2) is 24.4 Å². The first-order chi connectivity index (χ1) is 9.93. The molecule has 1 saturated heterocycles. The molecule has 1 fully saturated rings. The van der Waals surface area contributed by atoms with Gasteiger partial charge in [-0.2, -0.15) is 0 Å². The van der Waals surface area contributed by atoms with Gasteiger partial charge in [0.1, 0.15) is 5.82 Å². The first-order valence-corrected chi connectivity index (χ1v) is 8.48. The van der Waals surface area contributed by atoms with Crippen LogP contribution in [0, 0.1) is 0 Å². The molecule has 2 heterocycles. The van der Waals surface area contributed by atoms with Crippen LogP contribution in [0.2, 0.25) is 0 Å². The summed E-state index contributed by atoms with van der Waals surface area (Å²) in [5, 5.41) is 2.41. The van der Waals surface area contributed by atoms with E-state index in [1.54, 1.807) is 25.1 Å². The smallest absolute Gasteiger partial charge is 0.315 e. The topological polar surface area (TPSA) is 96.4 Å². The maximum absolute atomic E-state index is 12.2. The van der Waals surface area contributed by atoms with Gasteiger partial charge in [-0.3, -0.25) is 9.59 Å². The van der Waals surface area contributed by atoms with E-state index in [2.05, 4.69) is 10.3 Å². The Bertz CT molecular complexity index is 630. The summed E-state index contributed by atoms with van der Waals surface area (Å²) in [5.41, 5.74) is 0. The number of nitrogens with one attached hydrogen (secondary N) is 1. The number of likely N-dealkylation sites (N-methyl/N-ethyl adjacent to an activating group) is 1. The monoisotopic (exact) mass is 311 g/mol. The predicted molar refractivity (Wildman–Crippen MR) is 77.3 cm³/mol. The van der Waals surface area contributed by atoms with Crippen molar-refractivity contribution in [3.05, 3.63) is 24.4 Å². The Hall–Kier alpha value is -1.96. The highest BCUT2D eigenvalue weighted by Gasteiger charge is 2.35.